The fraction of sp³-hybridized carbons (Fsp3) is 0.292. The minimum absolute atomic E-state index is 0.0226. The van der Waals surface area contributed by atoms with Crippen molar-refractivity contribution in [1.29, 1.82) is 0 Å². The maximum Gasteiger partial charge on any atom is 0.227 e. The van der Waals surface area contributed by atoms with Crippen molar-refractivity contribution in [2.24, 2.45) is 0 Å². The summed E-state index contributed by atoms with van der Waals surface area (Å²) in [5.74, 6) is 1.43. The van der Waals surface area contributed by atoms with Gasteiger partial charge >= 0.3 is 0 Å². The molecule has 2 atom stereocenters. The van der Waals surface area contributed by atoms with Gasteiger partial charge in [-0.25, -0.2) is 0 Å². The lowest BCUT2D eigenvalue weighted by molar-refractivity contribution is -0.123. The van der Waals surface area contributed by atoms with E-state index in [2.05, 4.69) is 18.3 Å². The first-order valence-electron chi connectivity index (χ1n) is 9.57. The summed E-state index contributed by atoms with van der Waals surface area (Å²) in [6.07, 6.45) is 0.822. The molecule has 0 fully saturated rings. The number of rotatable bonds is 7. The summed E-state index contributed by atoms with van der Waals surface area (Å²) in [6, 6.07) is 19.9. The first-order chi connectivity index (χ1) is 13.5. The summed E-state index contributed by atoms with van der Waals surface area (Å²) in [7, 11) is 3.31. The van der Waals surface area contributed by atoms with E-state index in [9.17, 15) is 4.79 Å². The van der Waals surface area contributed by atoms with Gasteiger partial charge in [-0.3, -0.25) is 4.79 Å². The molecule has 3 aromatic carbocycles. The number of hydrogen-bond acceptors (Lipinski definition) is 3. The van der Waals surface area contributed by atoms with Crippen LogP contribution >= 0.6 is 0 Å². The van der Waals surface area contributed by atoms with Crippen molar-refractivity contribution in [1.82, 2.24) is 5.32 Å². The predicted molar refractivity (Wildman–Crippen MR) is 113 cm³/mol. The van der Waals surface area contributed by atoms with E-state index in [1.807, 2.05) is 61.5 Å². The molecule has 0 radical (unpaired) electrons. The third-order valence-electron chi connectivity index (χ3n) is 5.21. The normalized spacial score (nSPS) is 13.0. The average molecular weight is 377 g/mol. The van der Waals surface area contributed by atoms with Crippen LogP contribution in [0.5, 0.6) is 11.5 Å². The molecule has 0 saturated carbocycles. The minimum Gasteiger partial charge on any atom is -0.497 e. The summed E-state index contributed by atoms with van der Waals surface area (Å²) in [4.78, 5) is 12.9. The van der Waals surface area contributed by atoms with Crippen LogP contribution in [0, 0.1) is 0 Å². The third kappa shape index (κ3) is 4.28. The number of carbonyl (C=O) groups is 1. The second-order valence-electron chi connectivity index (χ2n) is 6.94. The summed E-state index contributed by atoms with van der Waals surface area (Å²) in [5, 5.41) is 5.38. The molecule has 0 aromatic heterocycles. The Bertz CT molecular complexity index is 950. The molecule has 4 nitrogen and oxygen atoms in total. The van der Waals surface area contributed by atoms with Gasteiger partial charge in [0.1, 0.15) is 11.5 Å². The maximum atomic E-state index is 12.9. The summed E-state index contributed by atoms with van der Waals surface area (Å²) in [5.41, 5.74) is 2.08. The monoisotopic (exact) mass is 377 g/mol. The highest BCUT2D eigenvalue weighted by molar-refractivity contribution is 5.88. The molecule has 0 aliphatic heterocycles. The minimum atomic E-state index is -0.237. The fourth-order valence-corrected chi connectivity index (χ4v) is 3.34. The van der Waals surface area contributed by atoms with Crippen LogP contribution in [0.3, 0.4) is 0 Å². The molecule has 1 amide bonds. The van der Waals surface area contributed by atoms with E-state index in [1.165, 1.54) is 0 Å². The highest BCUT2D eigenvalue weighted by Crippen LogP contribution is 2.26. The van der Waals surface area contributed by atoms with Gasteiger partial charge in [0.2, 0.25) is 5.91 Å². The molecule has 0 spiro atoms. The molecule has 3 rings (SSSR count). The van der Waals surface area contributed by atoms with Crippen molar-refractivity contribution >= 4 is 16.7 Å². The predicted octanol–water partition coefficient (Wildman–Crippen LogP) is 5.23. The van der Waals surface area contributed by atoms with Gasteiger partial charge in [-0.1, -0.05) is 43.3 Å². The van der Waals surface area contributed by atoms with Crippen LogP contribution in [0.15, 0.2) is 60.7 Å². The van der Waals surface area contributed by atoms with Crippen LogP contribution in [0.1, 0.15) is 43.4 Å². The average Bonchev–Trinajstić information content (AvgIpc) is 2.76. The number of hydrogen-bond donors (Lipinski definition) is 1. The lowest BCUT2D eigenvalue weighted by Crippen LogP contribution is -2.31. The number of ether oxygens (including phenoxy) is 2. The van der Waals surface area contributed by atoms with Crippen molar-refractivity contribution in [2.75, 3.05) is 14.2 Å². The molecule has 0 heterocycles. The number of amides is 1. The van der Waals surface area contributed by atoms with Crippen molar-refractivity contribution in [2.45, 2.75) is 32.2 Å². The zero-order valence-electron chi connectivity index (χ0n) is 16.9. The van der Waals surface area contributed by atoms with E-state index in [0.29, 0.717) is 0 Å². The molecule has 0 saturated heterocycles. The zero-order valence-corrected chi connectivity index (χ0v) is 16.9. The third-order valence-corrected chi connectivity index (χ3v) is 5.21. The maximum absolute atomic E-state index is 12.9. The van der Waals surface area contributed by atoms with Crippen molar-refractivity contribution in [3.05, 3.63) is 71.8 Å². The highest BCUT2D eigenvalue weighted by atomic mass is 16.5. The van der Waals surface area contributed by atoms with E-state index < -0.39 is 0 Å². The van der Waals surface area contributed by atoms with E-state index in [-0.39, 0.29) is 17.9 Å². The Balaban J connectivity index is 1.76. The van der Waals surface area contributed by atoms with Crippen LogP contribution in [0.4, 0.5) is 0 Å². The van der Waals surface area contributed by atoms with Crippen LogP contribution in [-0.2, 0) is 4.79 Å². The van der Waals surface area contributed by atoms with E-state index in [1.54, 1.807) is 14.2 Å². The molecule has 0 bridgehead atoms. The van der Waals surface area contributed by atoms with Gasteiger partial charge in [-0.2, -0.15) is 0 Å². The Hall–Kier alpha value is -3.01. The number of fused-ring (bicyclic) bond motifs is 1. The molecule has 0 aliphatic carbocycles. The van der Waals surface area contributed by atoms with Crippen molar-refractivity contribution in [3.63, 3.8) is 0 Å². The number of benzene rings is 3. The van der Waals surface area contributed by atoms with Gasteiger partial charge in [-0.15, -0.1) is 0 Å². The lowest BCUT2D eigenvalue weighted by Gasteiger charge is -2.21. The molecule has 146 valence electrons. The van der Waals surface area contributed by atoms with Gasteiger partial charge in [0.05, 0.1) is 26.2 Å². The van der Waals surface area contributed by atoms with Gasteiger partial charge in [-0.05, 0) is 59.5 Å². The SMILES string of the molecule is CC[C@@H](NC(=O)[C@H](C)c1ccc2cc(OC)ccc2c1)c1ccc(OC)cc1. The first-order valence-corrected chi connectivity index (χ1v) is 9.57. The Kier molecular flexibility index (Phi) is 6.19. The Morgan fingerprint density at radius 1 is 0.857 bits per heavy atom. The topological polar surface area (TPSA) is 47.6 Å². The van der Waals surface area contributed by atoms with Crippen LogP contribution in [0.2, 0.25) is 0 Å². The number of nitrogens with one attached hydrogen (secondary N) is 1. The molecule has 1 N–H and O–H groups in total. The molecule has 0 unspecified atom stereocenters. The fourth-order valence-electron chi connectivity index (χ4n) is 3.34. The second-order valence-corrected chi connectivity index (χ2v) is 6.94. The van der Waals surface area contributed by atoms with Crippen LogP contribution < -0.4 is 14.8 Å². The van der Waals surface area contributed by atoms with Gasteiger partial charge in [0.25, 0.3) is 0 Å². The molecular formula is C24H27NO3. The Morgan fingerprint density at radius 2 is 1.43 bits per heavy atom. The zero-order chi connectivity index (χ0) is 20.1. The molecule has 28 heavy (non-hydrogen) atoms. The highest BCUT2D eigenvalue weighted by Gasteiger charge is 2.20. The summed E-state index contributed by atoms with van der Waals surface area (Å²) >= 11 is 0. The Morgan fingerprint density at radius 3 is 2.07 bits per heavy atom. The standard InChI is InChI=1S/C24H27NO3/c1-5-23(17-8-11-21(27-3)12-9-17)25-24(26)16(2)18-6-7-20-15-22(28-4)13-10-19(20)14-18/h6-16,23H,5H2,1-4H3,(H,25,26)/t16-,23-/m1/s1. The van der Waals surface area contributed by atoms with Crippen LogP contribution in [0.25, 0.3) is 10.8 Å². The van der Waals surface area contributed by atoms with Crippen molar-refractivity contribution < 1.29 is 14.3 Å². The van der Waals surface area contributed by atoms with E-state index in [0.717, 1.165) is 39.8 Å². The smallest absolute Gasteiger partial charge is 0.227 e. The first kappa shape index (κ1) is 19.7. The van der Waals surface area contributed by atoms with Crippen LogP contribution in [-0.4, -0.2) is 20.1 Å². The Labute approximate surface area is 166 Å². The summed E-state index contributed by atoms with van der Waals surface area (Å²) < 4.78 is 10.5. The van der Waals surface area contributed by atoms with Gasteiger partial charge in [0.15, 0.2) is 0 Å². The lowest BCUT2D eigenvalue weighted by atomic mass is 9.96. The number of methoxy groups -OCH3 is 2. The molecular weight excluding hydrogens is 350 g/mol. The molecule has 3 aromatic rings. The van der Waals surface area contributed by atoms with E-state index >= 15 is 0 Å². The van der Waals surface area contributed by atoms with E-state index in [4.69, 9.17) is 9.47 Å². The quantitative estimate of drug-likeness (QED) is 0.613. The van der Waals surface area contributed by atoms with Gasteiger partial charge < -0.3 is 14.8 Å². The second kappa shape index (κ2) is 8.79. The molecule has 0 aliphatic rings. The summed E-state index contributed by atoms with van der Waals surface area (Å²) in [6.45, 7) is 4.02. The largest absolute Gasteiger partial charge is 0.497 e. The van der Waals surface area contributed by atoms with Gasteiger partial charge in [0, 0.05) is 0 Å². The van der Waals surface area contributed by atoms with Crippen molar-refractivity contribution in [3.8, 4) is 11.5 Å². The number of carbonyl (C=O) groups excluding carboxylic acids is 1. The molecule has 4 heteroatoms.